The molecule has 0 N–H and O–H groups in total. The highest BCUT2D eigenvalue weighted by molar-refractivity contribution is 5.97. The maximum absolute atomic E-state index is 13.2. The Morgan fingerprint density at radius 3 is 2.82 bits per heavy atom. The molecule has 8 heteroatoms. The zero-order chi connectivity index (χ0) is 19.5. The predicted molar refractivity (Wildman–Crippen MR) is 101 cm³/mol. The van der Waals surface area contributed by atoms with Gasteiger partial charge in [-0.05, 0) is 38.3 Å². The molecule has 0 spiro atoms. The summed E-state index contributed by atoms with van der Waals surface area (Å²) in [6.45, 7) is 2.49. The number of ether oxygens (including phenoxy) is 1. The van der Waals surface area contributed by atoms with Crippen molar-refractivity contribution in [2.75, 3.05) is 13.7 Å². The number of amides is 1. The molecule has 1 fully saturated rings. The lowest BCUT2D eigenvalue weighted by atomic mass is 10.0. The molecule has 0 saturated carbocycles. The Bertz CT molecular complexity index is 970. The third kappa shape index (κ3) is 3.45. The Hall–Kier alpha value is -3.29. The number of piperidine rings is 1. The lowest BCUT2D eigenvalue weighted by Crippen LogP contribution is -2.38. The number of para-hydroxylation sites is 1. The van der Waals surface area contributed by atoms with Gasteiger partial charge >= 0.3 is 0 Å². The number of carbonyl (C=O) groups is 1. The molecule has 1 atom stereocenters. The van der Waals surface area contributed by atoms with E-state index in [1.54, 1.807) is 36.5 Å². The summed E-state index contributed by atoms with van der Waals surface area (Å²) in [5.74, 6) is 1.17. The van der Waals surface area contributed by atoms with Crippen LogP contribution in [0.2, 0.25) is 0 Å². The van der Waals surface area contributed by atoms with Crippen molar-refractivity contribution in [1.29, 1.82) is 0 Å². The Morgan fingerprint density at radius 1 is 1.18 bits per heavy atom. The van der Waals surface area contributed by atoms with E-state index in [-0.39, 0.29) is 11.9 Å². The van der Waals surface area contributed by atoms with Crippen LogP contribution in [0.15, 0.2) is 41.1 Å². The minimum Gasteiger partial charge on any atom is -0.496 e. The molecule has 3 heterocycles. The number of carbonyl (C=O) groups excluding carboxylic acids is 1. The van der Waals surface area contributed by atoms with Crippen molar-refractivity contribution in [3.63, 3.8) is 0 Å². The van der Waals surface area contributed by atoms with Crippen LogP contribution in [0.1, 0.15) is 47.2 Å². The third-order valence-corrected chi connectivity index (χ3v) is 4.83. The molecular weight excluding hydrogens is 358 g/mol. The molecule has 2 aromatic heterocycles. The second kappa shape index (κ2) is 7.75. The van der Waals surface area contributed by atoms with Crippen LogP contribution in [-0.2, 0) is 0 Å². The molecule has 4 rings (SSSR count). The molecule has 1 aliphatic heterocycles. The van der Waals surface area contributed by atoms with E-state index in [9.17, 15) is 4.79 Å². The summed E-state index contributed by atoms with van der Waals surface area (Å²) in [7, 11) is 1.56. The average molecular weight is 379 g/mol. The van der Waals surface area contributed by atoms with Gasteiger partial charge in [0.1, 0.15) is 17.5 Å². The normalized spacial score (nSPS) is 16.8. The van der Waals surface area contributed by atoms with Gasteiger partial charge in [0, 0.05) is 12.7 Å². The van der Waals surface area contributed by atoms with E-state index in [0.717, 1.165) is 25.0 Å². The largest absolute Gasteiger partial charge is 0.496 e. The molecule has 0 bridgehead atoms. The van der Waals surface area contributed by atoms with Crippen LogP contribution >= 0.6 is 0 Å². The summed E-state index contributed by atoms with van der Waals surface area (Å²) in [4.78, 5) is 23.5. The monoisotopic (exact) mass is 379 g/mol. The number of methoxy groups -OCH3 is 1. The van der Waals surface area contributed by atoms with Gasteiger partial charge in [0.25, 0.3) is 11.8 Å². The lowest BCUT2D eigenvalue weighted by Gasteiger charge is -2.33. The fourth-order valence-corrected chi connectivity index (χ4v) is 3.38. The molecule has 144 valence electrons. The van der Waals surface area contributed by atoms with Crippen molar-refractivity contribution in [3.8, 4) is 17.3 Å². The highest BCUT2D eigenvalue weighted by Gasteiger charge is 2.33. The van der Waals surface area contributed by atoms with Gasteiger partial charge in [0.2, 0.25) is 5.89 Å². The molecule has 1 amide bonds. The van der Waals surface area contributed by atoms with E-state index < -0.39 is 0 Å². The van der Waals surface area contributed by atoms with Crippen LogP contribution in [0.25, 0.3) is 11.6 Å². The minimum atomic E-state index is -0.272. The molecule has 3 aromatic rings. The number of nitrogens with zero attached hydrogens (tertiary/aromatic N) is 5. The van der Waals surface area contributed by atoms with Gasteiger partial charge in [-0.3, -0.25) is 9.78 Å². The van der Waals surface area contributed by atoms with Gasteiger partial charge in [-0.1, -0.05) is 12.1 Å². The first-order valence-corrected chi connectivity index (χ1v) is 9.24. The number of hydrogen-bond acceptors (Lipinski definition) is 7. The van der Waals surface area contributed by atoms with Crippen LogP contribution < -0.4 is 4.74 Å². The third-order valence-electron chi connectivity index (χ3n) is 4.83. The first kappa shape index (κ1) is 18.1. The molecule has 1 saturated heterocycles. The summed E-state index contributed by atoms with van der Waals surface area (Å²) in [6.07, 6.45) is 5.94. The number of benzene rings is 1. The van der Waals surface area contributed by atoms with Crippen LogP contribution in [0.5, 0.6) is 5.75 Å². The van der Waals surface area contributed by atoms with Crippen LogP contribution in [0.3, 0.4) is 0 Å². The summed E-state index contributed by atoms with van der Waals surface area (Å²) >= 11 is 0. The van der Waals surface area contributed by atoms with Crippen LogP contribution in [0.4, 0.5) is 0 Å². The van der Waals surface area contributed by atoms with E-state index in [1.807, 2.05) is 19.1 Å². The van der Waals surface area contributed by atoms with Crippen molar-refractivity contribution in [1.82, 2.24) is 25.1 Å². The van der Waals surface area contributed by atoms with Crippen molar-refractivity contribution in [3.05, 3.63) is 53.8 Å². The molecule has 1 unspecified atom stereocenters. The number of hydrogen-bond donors (Lipinski definition) is 0. The van der Waals surface area contributed by atoms with Crippen molar-refractivity contribution >= 4 is 5.91 Å². The quantitative estimate of drug-likeness (QED) is 0.687. The topological polar surface area (TPSA) is 94.2 Å². The fourth-order valence-electron chi connectivity index (χ4n) is 3.38. The minimum absolute atomic E-state index is 0.1000. The zero-order valence-electron chi connectivity index (χ0n) is 15.8. The van der Waals surface area contributed by atoms with Crippen LogP contribution in [-0.4, -0.2) is 44.6 Å². The SMILES string of the molecule is COc1ccccc1C(=O)N1CCCCC1c1nnc(-c2cnc(C)cn2)o1. The van der Waals surface area contributed by atoms with Crippen molar-refractivity contribution in [2.24, 2.45) is 0 Å². The maximum atomic E-state index is 13.2. The first-order valence-electron chi connectivity index (χ1n) is 9.24. The smallest absolute Gasteiger partial charge is 0.267 e. The molecular formula is C20H21N5O3. The number of rotatable bonds is 4. The maximum Gasteiger partial charge on any atom is 0.267 e. The second-order valence-corrected chi connectivity index (χ2v) is 6.70. The highest BCUT2D eigenvalue weighted by atomic mass is 16.5. The Labute approximate surface area is 162 Å². The Balaban J connectivity index is 1.62. The van der Waals surface area contributed by atoms with Gasteiger partial charge < -0.3 is 14.1 Å². The number of aromatic nitrogens is 4. The zero-order valence-corrected chi connectivity index (χ0v) is 15.8. The molecule has 8 nitrogen and oxygen atoms in total. The molecule has 1 aromatic carbocycles. The number of likely N-dealkylation sites (tertiary alicyclic amines) is 1. The van der Waals surface area contributed by atoms with Gasteiger partial charge in [0.15, 0.2) is 0 Å². The van der Waals surface area contributed by atoms with Crippen molar-refractivity contribution < 1.29 is 13.9 Å². The standard InChI is InChI=1S/C20H21N5O3/c1-13-11-22-15(12-21-13)18-23-24-19(28-18)16-8-5-6-10-25(16)20(26)14-7-3-4-9-17(14)27-2/h3-4,7,9,11-12,16H,5-6,8,10H2,1-2H3. The Kier molecular flexibility index (Phi) is 5.01. The van der Waals surface area contributed by atoms with E-state index in [0.29, 0.717) is 35.3 Å². The summed E-state index contributed by atoms with van der Waals surface area (Å²) in [5.41, 5.74) is 1.85. The van der Waals surface area contributed by atoms with Gasteiger partial charge in [-0.15, -0.1) is 10.2 Å². The van der Waals surface area contributed by atoms with Crippen molar-refractivity contribution in [2.45, 2.75) is 32.2 Å². The fraction of sp³-hybridized carbons (Fsp3) is 0.350. The predicted octanol–water partition coefficient (Wildman–Crippen LogP) is 3.21. The van der Waals surface area contributed by atoms with E-state index in [1.165, 1.54) is 0 Å². The summed E-state index contributed by atoms with van der Waals surface area (Å²) in [6, 6.07) is 6.96. The van der Waals surface area contributed by atoms with Gasteiger partial charge in [0.05, 0.1) is 24.6 Å². The average Bonchev–Trinajstić information content (AvgIpc) is 3.24. The Morgan fingerprint density at radius 2 is 2.04 bits per heavy atom. The second-order valence-electron chi connectivity index (χ2n) is 6.70. The number of aryl methyl sites for hydroxylation is 1. The molecule has 0 radical (unpaired) electrons. The molecule has 1 aliphatic rings. The van der Waals surface area contributed by atoms with Gasteiger partial charge in [-0.25, -0.2) is 4.98 Å². The summed E-state index contributed by atoms with van der Waals surface area (Å²) < 4.78 is 11.2. The molecule has 0 aliphatic carbocycles. The first-order chi connectivity index (χ1) is 13.7. The van der Waals surface area contributed by atoms with Gasteiger partial charge in [-0.2, -0.15) is 0 Å². The summed E-state index contributed by atoms with van der Waals surface area (Å²) in [5, 5.41) is 8.31. The molecule has 28 heavy (non-hydrogen) atoms. The van der Waals surface area contributed by atoms with E-state index in [4.69, 9.17) is 9.15 Å². The van der Waals surface area contributed by atoms with Crippen LogP contribution in [0, 0.1) is 6.92 Å². The highest BCUT2D eigenvalue weighted by Crippen LogP contribution is 2.33. The lowest BCUT2D eigenvalue weighted by molar-refractivity contribution is 0.0569. The van der Waals surface area contributed by atoms with E-state index >= 15 is 0 Å². The van der Waals surface area contributed by atoms with E-state index in [2.05, 4.69) is 20.2 Å².